The number of nitrogens with zero attached hydrogens (tertiary/aromatic N) is 1. The number of rotatable bonds is 6. The van der Waals surface area contributed by atoms with E-state index in [1.165, 1.54) is 4.90 Å². The second kappa shape index (κ2) is 8.88. The first-order chi connectivity index (χ1) is 13.0. The van der Waals surface area contributed by atoms with Crippen molar-refractivity contribution >= 4 is 45.9 Å². The number of benzene rings is 2. The van der Waals surface area contributed by atoms with Crippen molar-refractivity contribution in [1.29, 1.82) is 0 Å². The summed E-state index contributed by atoms with van der Waals surface area (Å²) in [6.45, 7) is 2.13. The van der Waals surface area contributed by atoms with Crippen molar-refractivity contribution in [2.24, 2.45) is 0 Å². The van der Waals surface area contributed by atoms with Gasteiger partial charge < -0.3 is 15.4 Å². The Balaban J connectivity index is 1.49. The fourth-order valence-corrected chi connectivity index (χ4v) is 3.51. The average molecular weight is 402 g/mol. The minimum absolute atomic E-state index is 0.150. The van der Waals surface area contributed by atoms with E-state index in [4.69, 9.17) is 17.0 Å². The fraction of sp³-hybridized carbons (Fsp3) is 0.211. The number of para-hydroxylation sites is 1. The fourth-order valence-electron chi connectivity index (χ4n) is 2.50. The van der Waals surface area contributed by atoms with Gasteiger partial charge in [0.05, 0.1) is 12.3 Å². The van der Waals surface area contributed by atoms with Crippen LogP contribution in [0.2, 0.25) is 0 Å². The highest BCUT2D eigenvalue weighted by molar-refractivity contribution is 8.14. The number of thiocarbonyl (C=S) groups is 1. The lowest BCUT2D eigenvalue weighted by molar-refractivity contribution is -0.125. The van der Waals surface area contributed by atoms with Gasteiger partial charge in [-0.25, -0.2) is 0 Å². The molecule has 0 bridgehead atoms. The van der Waals surface area contributed by atoms with Crippen LogP contribution >= 0.6 is 24.0 Å². The number of nitrogens with one attached hydrogen (secondary N) is 2. The molecule has 2 amide bonds. The highest BCUT2D eigenvalue weighted by atomic mass is 32.2. The predicted molar refractivity (Wildman–Crippen MR) is 111 cm³/mol. The molecular formula is C19H19N3O3S2. The zero-order chi connectivity index (χ0) is 19.2. The smallest absolute Gasteiger partial charge is 0.289 e. The third-order valence-corrected chi connectivity index (χ3v) is 4.86. The number of anilines is 1. The lowest BCUT2D eigenvalue weighted by Crippen LogP contribution is -2.39. The molecule has 1 aliphatic rings. The molecule has 1 aliphatic heterocycles. The molecule has 0 radical (unpaired) electrons. The highest BCUT2D eigenvalue weighted by Gasteiger charge is 2.29. The summed E-state index contributed by atoms with van der Waals surface area (Å²) in [4.78, 5) is 24.6. The third-order valence-electron chi connectivity index (χ3n) is 3.78. The van der Waals surface area contributed by atoms with Gasteiger partial charge >= 0.3 is 0 Å². The summed E-state index contributed by atoms with van der Waals surface area (Å²) in [5, 5.41) is 6.41. The summed E-state index contributed by atoms with van der Waals surface area (Å²) < 4.78 is 5.80. The van der Waals surface area contributed by atoms with Gasteiger partial charge in [-0.3, -0.25) is 14.5 Å². The molecule has 1 atom stereocenters. The zero-order valence-corrected chi connectivity index (χ0v) is 16.3. The van der Waals surface area contributed by atoms with Crippen LogP contribution < -0.4 is 15.4 Å². The quantitative estimate of drug-likeness (QED) is 0.566. The number of hydrogen-bond acceptors (Lipinski definition) is 5. The molecular weight excluding hydrogens is 382 g/mol. The van der Waals surface area contributed by atoms with E-state index < -0.39 is 0 Å². The standard InChI is InChI=1S/C19H19N3O3S2/c1-13(20-18(26)21-15-5-3-2-4-6-15)25-16-9-7-14(8-10-16)11-22-17(23)12-27-19(22)24/h2-10,13H,11-12H2,1H3,(H2,20,21,26). The summed E-state index contributed by atoms with van der Waals surface area (Å²) in [5.74, 6) is 0.734. The van der Waals surface area contributed by atoms with E-state index >= 15 is 0 Å². The van der Waals surface area contributed by atoms with Crippen LogP contribution in [-0.4, -0.2) is 33.1 Å². The maximum absolute atomic E-state index is 11.7. The number of ether oxygens (including phenoxy) is 1. The minimum Gasteiger partial charge on any atom is -0.471 e. The molecule has 2 aromatic rings. The Morgan fingerprint density at radius 2 is 1.89 bits per heavy atom. The molecule has 0 aromatic heterocycles. The molecule has 3 rings (SSSR count). The van der Waals surface area contributed by atoms with Crippen LogP contribution in [0.25, 0.3) is 0 Å². The maximum Gasteiger partial charge on any atom is 0.289 e. The summed E-state index contributed by atoms with van der Waals surface area (Å²) in [6.07, 6.45) is -0.335. The Bertz CT molecular complexity index is 812. The summed E-state index contributed by atoms with van der Waals surface area (Å²) >= 11 is 6.31. The van der Waals surface area contributed by atoms with Gasteiger partial charge in [-0.1, -0.05) is 42.1 Å². The maximum atomic E-state index is 11.7. The summed E-state index contributed by atoms with van der Waals surface area (Å²) in [5.41, 5.74) is 1.77. The van der Waals surface area contributed by atoms with E-state index in [1.54, 1.807) is 12.1 Å². The lowest BCUT2D eigenvalue weighted by Gasteiger charge is -2.19. The molecule has 2 aromatic carbocycles. The monoisotopic (exact) mass is 401 g/mol. The van der Waals surface area contributed by atoms with Crippen molar-refractivity contribution in [1.82, 2.24) is 10.2 Å². The molecule has 1 fully saturated rings. The van der Waals surface area contributed by atoms with Gasteiger partial charge in [-0.2, -0.15) is 0 Å². The summed E-state index contributed by atoms with van der Waals surface area (Å²) in [7, 11) is 0. The normalized spacial score (nSPS) is 14.8. The largest absolute Gasteiger partial charge is 0.471 e. The Morgan fingerprint density at radius 1 is 1.19 bits per heavy atom. The number of imide groups is 1. The number of hydrogen-bond donors (Lipinski definition) is 2. The van der Waals surface area contributed by atoms with Crippen LogP contribution in [-0.2, 0) is 11.3 Å². The molecule has 1 saturated heterocycles. The molecule has 8 heteroatoms. The first-order valence-corrected chi connectivity index (χ1v) is 9.76. The van der Waals surface area contributed by atoms with Gasteiger partial charge in [-0.05, 0) is 49.0 Å². The molecule has 0 saturated carbocycles. The van der Waals surface area contributed by atoms with Crippen molar-refractivity contribution in [3.63, 3.8) is 0 Å². The number of carbonyl (C=O) groups is 2. The highest BCUT2D eigenvalue weighted by Crippen LogP contribution is 2.22. The van der Waals surface area contributed by atoms with Gasteiger partial charge in [0, 0.05) is 5.69 Å². The van der Waals surface area contributed by atoms with Crippen LogP contribution in [0.3, 0.4) is 0 Å². The van der Waals surface area contributed by atoms with Gasteiger partial charge in [0.25, 0.3) is 5.24 Å². The Hall–Kier alpha value is -2.58. The topological polar surface area (TPSA) is 70.7 Å². The van der Waals surface area contributed by atoms with E-state index in [9.17, 15) is 9.59 Å². The zero-order valence-electron chi connectivity index (χ0n) is 14.7. The SMILES string of the molecule is CC(NC(=S)Nc1ccccc1)Oc1ccc(CN2C(=O)CSC2=O)cc1. The first-order valence-electron chi connectivity index (χ1n) is 8.36. The van der Waals surface area contributed by atoms with Crippen molar-refractivity contribution in [3.8, 4) is 5.75 Å². The van der Waals surface area contributed by atoms with Gasteiger partial charge in [0.2, 0.25) is 5.91 Å². The van der Waals surface area contributed by atoms with E-state index in [0.29, 0.717) is 10.9 Å². The second-order valence-corrected chi connectivity index (χ2v) is 7.24. The molecule has 0 spiro atoms. The van der Waals surface area contributed by atoms with Crippen LogP contribution in [0.15, 0.2) is 54.6 Å². The number of amides is 2. The lowest BCUT2D eigenvalue weighted by atomic mass is 10.2. The van der Waals surface area contributed by atoms with Crippen molar-refractivity contribution in [3.05, 3.63) is 60.2 Å². The first kappa shape index (κ1) is 19.2. The third kappa shape index (κ3) is 5.45. The van der Waals surface area contributed by atoms with Gasteiger partial charge in [-0.15, -0.1) is 0 Å². The van der Waals surface area contributed by atoms with Crippen LogP contribution in [0.4, 0.5) is 10.5 Å². The molecule has 1 unspecified atom stereocenters. The number of carbonyl (C=O) groups excluding carboxylic acids is 2. The molecule has 1 heterocycles. The summed E-state index contributed by atoms with van der Waals surface area (Å²) in [6, 6.07) is 16.9. The molecule has 0 aliphatic carbocycles. The van der Waals surface area contributed by atoms with Gasteiger partial charge in [0.15, 0.2) is 11.3 Å². The van der Waals surface area contributed by atoms with E-state index in [1.807, 2.05) is 49.4 Å². The second-order valence-electron chi connectivity index (χ2n) is 5.90. The van der Waals surface area contributed by atoms with Crippen molar-refractivity contribution in [2.45, 2.75) is 19.7 Å². The van der Waals surface area contributed by atoms with Crippen LogP contribution in [0.5, 0.6) is 5.75 Å². The van der Waals surface area contributed by atoms with Crippen molar-refractivity contribution < 1.29 is 14.3 Å². The van der Waals surface area contributed by atoms with Gasteiger partial charge in [0.1, 0.15) is 5.75 Å². The van der Waals surface area contributed by atoms with E-state index in [-0.39, 0.29) is 29.7 Å². The van der Waals surface area contributed by atoms with E-state index in [0.717, 1.165) is 23.0 Å². The van der Waals surface area contributed by atoms with Crippen LogP contribution in [0, 0.1) is 0 Å². The Labute approximate surface area is 167 Å². The average Bonchev–Trinajstić information content (AvgIpc) is 2.96. The van der Waals surface area contributed by atoms with Crippen molar-refractivity contribution in [2.75, 3.05) is 11.1 Å². The molecule has 140 valence electrons. The Morgan fingerprint density at radius 3 is 2.52 bits per heavy atom. The number of thioether (sulfide) groups is 1. The molecule has 27 heavy (non-hydrogen) atoms. The van der Waals surface area contributed by atoms with E-state index in [2.05, 4.69) is 10.6 Å². The Kier molecular flexibility index (Phi) is 6.31. The molecule has 2 N–H and O–H groups in total. The predicted octanol–water partition coefficient (Wildman–Crippen LogP) is 3.59. The van der Waals surface area contributed by atoms with Crippen LogP contribution in [0.1, 0.15) is 12.5 Å². The minimum atomic E-state index is -0.335. The molecule has 6 nitrogen and oxygen atoms in total.